The predicted octanol–water partition coefficient (Wildman–Crippen LogP) is 2.32. The standard InChI is InChI=1S/C11H13ClN2O3/c1-2-9(10(15)16)14-11(17)13-8-5-3-7(12)4-6-8/h3-6,9H,2H2,1H3,(H,15,16)(H2,13,14,17). The van der Waals surface area contributed by atoms with Crippen molar-refractivity contribution >= 4 is 29.3 Å². The molecule has 5 nitrogen and oxygen atoms in total. The van der Waals surface area contributed by atoms with E-state index >= 15 is 0 Å². The monoisotopic (exact) mass is 256 g/mol. The second kappa shape index (κ2) is 6.10. The number of carbonyl (C=O) groups excluding carboxylic acids is 1. The quantitative estimate of drug-likeness (QED) is 0.774. The highest BCUT2D eigenvalue weighted by Gasteiger charge is 2.17. The molecule has 2 amide bonds. The molecule has 0 aliphatic rings. The van der Waals surface area contributed by atoms with Gasteiger partial charge in [-0.15, -0.1) is 0 Å². The summed E-state index contributed by atoms with van der Waals surface area (Å²) < 4.78 is 0. The molecule has 0 aliphatic carbocycles. The molecule has 0 spiro atoms. The first-order chi connectivity index (χ1) is 8.02. The number of amides is 2. The summed E-state index contributed by atoms with van der Waals surface area (Å²) in [6, 6.07) is 5.08. The summed E-state index contributed by atoms with van der Waals surface area (Å²) in [5, 5.41) is 14.2. The van der Waals surface area contributed by atoms with Gasteiger partial charge in [0.05, 0.1) is 0 Å². The zero-order valence-corrected chi connectivity index (χ0v) is 9.99. The summed E-state index contributed by atoms with van der Waals surface area (Å²) in [7, 11) is 0. The third-order valence-electron chi connectivity index (χ3n) is 2.11. The molecule has 1 atom stereocenters. The van der Waals surface area contributed by atoms with Crippen molar-refractivity contribution in [3.63, 3.8) is 0 Å². The number of carbonyl (C=O) groups is 2. The molecule has 0 radical (unpaired) electrons. The van der Waals surface area contributed by atoms with Gasteiger partial charge in [-0.2, -0.15) is 0 Å². The molecule has 17 heavy (non-hydrogen) atoms. The second-order valence-electron chi connectivity index (χ2n) is 3.40. The van der Waals surface area contributed by atoms with Crippen molar-refractivity contribution in [3.8, 4) is 0 Å². The van der Waals surface area contributed by atoms with Gasteiger partial charge in [-0.1, -0.05) is 18.5 Å². The van der Waals surface area contributed by atoms with Crippen molar-refractivity contribution < 1.29 is 14.7 Å². The van der Waals surface area contributed by atoms with E-state index in [4.69, 9.17) is 16.7 Å². The van der Waals surface area contributed by atoms with Crippen LogP contribution in [0.4, 0.5) is 10.5 Å². The molecule has 1 rings (SSSR count). The Morgan fingerprint density at radius 2 is 1.94 bits per heavy atom. The maximum absolute atomic E-state index is 11.5. The summed E-state index contributed by atoms with van der Waals surface area (Å²) in [6.07, 6.45) is 0.323. The van der Waals surface area contributed by atoms with E-state index in [9.17, 15) is 9.59 Å². The summed E-state index contributed by atoms with van der Waals surface area (Å²) in [6.45, 7) is 1.68. The first-order valence-electron chi connectivity index (χ1n) is 5.08. The number of urea groups is 1. The zero-order chi connectivity index (χ0) is 12.8. The molecular formula is C11H13ClN2O3. The molecule has 6 heteroatoms. The number of anilines is 1. The molecule has 0 saturated heterocycles. The van der Waals surface area contributed by atoms with E-state index < -0.39 is 18.0 Å². The Morgan fingerprint density at radius 1 is 1.35 bits per heavy atom. The van der Waals surface area contributed by atoms with E-state index in [2.05, 4.69) is 10.6 Å². The van der Waals surface area contributed by atoms with Crippen LogP contribution in [0.2, 0.25) is 5.02 Å². The van der Waals surface area contributed by atoms with E-state index in [-0.39, 0.29) is 0 Å². The molecule has 0 heterocycles. The van der Waals surface area contributed by atoms with Crippen LogP contribution in [-0.2, 0) is 4.79 Å². The molecule has 1 unspecified atom stereocenters. The number of hydrogen-bond donors (Lipinski definition) is 3. The van der Waals surface area contributed by atoms with Gasteiger partial charge < -0.3 is 15.7 Å². The van der Waals surface area contributed by atoms with Gasteiger partial charge in [0, 0.05) is 10.7 Å². The fourth-order valence-electron chi connectivity index (χ4n) is 1.20. The molecule has 0 aromatic heterocycles. The lowest BCUT2D eigenvalue weighted by atomic mass is 10.2. The van der Waals surface area contributed by atoms with E-state index in [1.807, 2.05) is 0 Å². The molecule has 3 N–H and O–H groups in total. The summed E-state index contributed by atoms with van der Waals surface area (Å²) in [5.41, 5.74) is 0.548. The van der Waals surface area contributed by atoms with Crippen molar-refractivity contribution in [2.24, 2.45) is 0 Å². The summed E-state index contributed by atoms with van der Waals surface area (Å²) >= 11 is 5.69. The topological polar surface area (TPSA) is 78.4 Å². The van der Waals surface area contributed by atoms with Gasteiger partial charge in [-0.05, 0) is 30.7 Å². The van der Waals surface area contributed by atoms with E-state index in [1.165, 1.54) is 0 Å². The zero-order valence-electron chi connectivity index (χ0n) is 9.24. The average molecular weight is 257 g/mol. The molecule has 1 aromatic rings. The van der Waals surface area contributed by atoms with E-state index in [0.29, 0.717) is 17.1 Å². The fraction of sp³-hybridized carbons (Fsp3) is 0.273. The van der Waals surface area contributed by atoms with Crippen LogP contribution in [0, 0.1) is 0 Å². The Balaban J connectivity index is 2.54. The molecule has 0 fully saturated rings. The van der Waals surface area contributed by atoms with Crippen LogP contribution in [0.1, 0.15) is 13.3 Å². The molecule has 0 saturated carbocycles. The number of hydrogen-bond acceptors (Lipinski definition) is 2. The van der Waals surface area contributed by atoms with Gasteiger partial charge in [0.2, 0.25) is 0 Å². The summed E-state index contributed by atoms with van der Waals surface area (Å²) in [4.78, 5) is 22.2. The number of benzene rings is 1. The van der Waals surface area contributed by atoms with Gasteiger partial charge in [0.15, 0.2) is 0 Å². The normalized spacial score (nSPS) is 11.6. The number of nitrogens with one attached hydrogen (secondary N) is 2. The largest absolute Gasteiger partial charge is 0.480 e. The molecule has 92 valence electrons. The SMILES string of the molecule is CCC(NC(=O)Nc1ccc(Cl)cc1)C(=O)O. The number of aliphatic carboxylic acids is 1. The molecule has 0 bridgehead atoms. The van der Waals surface area contributed by atoms with Gasteiger partial charge in [-0.3, -0.25) is 0 Å². The highest BCUT2D eigenvalue weighted by atomic mass is 35.5. The summed E-state index contributed by atoms with van der Waals surface area (Å²) in [5.74, 6) is -1.06. The number of carboxylic acid groups (broad SMARTS) is 1. The van der Waals surface area contributed by atoms with Crippen molar-refractivity contribution in [2.75, 3.05) is 5.32 Å². The number of rotatable bonds is 4. The van der Waals surface area contributed by atoms with E-state index in [0.717, 1.165) is 0 Å². The van der Waals surface area contributed by atoms with Gasteiger partial charge in [0.1, 0.15) is 6.04 Å². The minimum Gasteiger partial charge on any atom is -0.480 e. The highest BCUT2D eigenvalue weighted by molar-refractivity contribution is 6.30. The maximum atomic E-state index is 11.5. The Morgan fingerprint density at radius 3 is 2.41 bits per heavy atom. The van der Waals surface area contributed by atoms with Crippen LogP contribution in [0.25, 0.3) is 0 Å². The van der Waals surface area contributed by atoms with Crippen LogP contribution in [-0.4, -0.2) is 23.1 Å². The van der Waals surface area contributed by atoms with Crippen molar-refractivity contribution in [2.45, 2.75) is 19.4 Å². The van der Waals surface area contributed by atoms with Gasteiger partial charge in [-0.25, -0.2) is 9.59 Å². The van der Waals surface area contributed by atoms with Crippen LogP contribution in [0.5, 0.6) is 0 Å². The van der Waals surface area contributed by atoms with Crippen LogP contribution < -0.4 is 10.6 Å². The Hall–Kier alpha value is -1.75. The minimum atomic E-state index is -1.06. The lowest BCUT2D eigenvalue weighted by Gasteiger charge is -2.13. The van der Waals surface area contributed by atoms with Crippen LogP contribution in [0.3, 0.4) is 0 Å². The highest BCUT2D eigenvalue weighted by Crippen LogP contribution is 2.13. The third-order valence-corrected chi connectivity index (χ3v) is 2.37. The molecule has 0 aliphatic heterocycles. The van der Waals surface area contributed by atoms with Gasteiger partial charge in [0.25, 0.3) is 0 Å². The van der Waals surface area contributed by atoms with Crippen molar-refractivity contribution in [1.29, 1.82) is 0 Å². The number of carboxylic acids is 1. The average Bonchev–Trinajstić information content (AvgIpc) is 2.28. The molecular weight excluding hydrogens is 244 g/mol. The van der Waals surface area contributed by atoms with Crippen LogP contribution in [0.15, 0.2) is 24.3 Å². The Kier molecular flexibility index (Phi) is 4.78. The second-order valence-corrected chi connectivity index (χ2v) is 3.84. The number of halogens is 1. The smallest absolute Gasteiger partial charge is 0.326 e. The lowest BCUT2D eigenvalue weighted by Crippen LogP contribution is -2.42. The van der Waals surface area contributed by atoms with Crippen molar-refractivity contribution in [1.82, 2.24) is 5.32 Å². The molecule has 1 aromatic carbocycles. The Bertz CT molecular complexity index is 406. The fourth-order valence-corrected chi connectivity index (χ4v) is 1.32. The Labute approximate surface area is 104 Å². The lowest BCUT2D eigenvalue weighted by molar-refractivity contribution is -0.139. The predicted molar refractivity (Wildman–Crippen MR) is 65.3 cm³/mol. The maximum Gasteiger partial charge on any atom is 0.326 e. The van der Waals surface area contributed by atoms with Crippen LogP contribution >= 0.6 is 11.6 Å². The van der Waals surface area contributed by atoms with Gasteiger partial charge >= 0.3 is 12.0 Å². The minimum absolute atomic E-state index is 0.323. The van der Waals surface area contributed by atoms with Crippen molar-refractivity contribution in [3.05, 3.63) is 29.3 Å². The first-order valence-corrected chi connectivity index (χ1v) is 5.46. The van der Waals surface area contributed by atoms with E-state index in [1.54, 1.807) is 31.2 Å². The third kappa shape index (κ3) is 4.32. The first kappa shape index (κ1) is 13.3.